The van der Waals surface area contributed by atoms with Gasteiger partial charge < -0.3 is 9.47 Å². The molecule has 3 rings (SSSR count). The lowest BCUT2D eigenvalue weighted by Crippen LogP contribution is -1.93. The molecule has 1 unspecified atom stereocenters. The monoisotopic (exact) mass is 174 g/mol. The van der Waals surface area contributed by atoms with Crippen LogP contribution in [0.1, 0.15) is 11.1 Å². The second kappa shape index (κ2) is 2.36. The highest BCUT2D eigenvalue weighted by atomic mass is 16.6. The summed E-state index contributed by atoms with van der Waals surface area (Å²) < 4.78 is 10.5. The first-order valence-electron chi connectivity index (χ1n) is 4.46. The van der Waals surface area contributed by atoms with Crippen LogP contribution in [0.2, 0.25) is 0 Å². The van der Waals surface area contributed by atoms with E-state index in [1.165, 1.54) is 5.56 Å². The van der Waals surface area contributed by atoms with Crippen LogP contribution in [0.5, 0.6) is 11.5 Å². The van der Waals surface area contributed by atoms with Gasteiger partial charge in [-0.15, -0.1) is 0 Å². The number of hydrogen-bond donors (Lipinski definition) is 0. The van der Waals surface area contributed by atoms with E-state index in [2.05, 4.69) is 12.6 Å². The Morgan fingerprint density at radius 2 is 2.38 bits per heavy atom. The third kappa shape index (κ3) is 1.14. The van der Waals surface area contributed by atoms with Gasteiger partial charge in [-0.3, -0.25) is 0 Å². The Kier molecular flexibility index (Phi) is 1.30. The lowest BCUT2D eigenvalue weighted by atomic mass is 10.0. The molecule has 0 aliphatic carbocycles. The maximum absolute atomic E-state index is 5.29. The van der Waals surface area contributed by atoms with E-state index in [0.717, 1.165) is 30.1 Å². The van der Waals surface area contributed by atoms with E-state index >= 15 is 0 Å². The second-order valence-electron chi connectivity index (χ2n) is 3.43. The molecule has 1 fully saturated rings. The Morgan fingerprint density at radius 1 is 1.54 bits per heavy atom. The summed E-state index contributed by atoms with van der Waals surface area (Å²) in [6, 6.07) is 4.12. The second-order valence-corrected chi connectivity index (χ2v) is 3.43. The van der Waals surface area contributed by atoms with E-state index in [4.69, 9.17) is 9.47 Å². The maximum Gasteiger partial charge on any atom is 0.177 e. The molecule has 2 heteroatoms. The summed E-state index contributed by atoms with van der Waals surface area (Å²) in [5.41, 5.74) is 2.43. The molecule has 2 heterocycles. The van der Waals surface area contributed by atoms with Crippen LogP contribution >= 0.6 is 0 Å². The molecule has 0 aromatic heterocycles. The third-order valence-electron chi connectivity index (χ3n) is 2.47. The molecule has 2 nitrogen and oxygen atoms in total. The molecule has 2 aliphatic rings. The summed E-state index contributed by atoms with van der Waals surface area (Å²) in [6.07, 6.45) is 3.28. The van der Waals surface area contributed by atoms with Crippen molar-refractivity contribution in [3.63, 3.8) is 0 Å². The summed E-state index contributed by atoms with van der Waals surface area (Å²) in [6.45, 7) is 4.69. The molecule has 13 heavy (non-hydrogen) atoms. The van der Waals surface area contributed by atoms with E-state index in [1.54, 1.807) is 0 Å². The van der Waals surface area contributed by atoms with Gasteiger partial charge in [0, 0.05) is 12.0 Å². The highest BCUT2D eigenvalue weighted by Gasteiger charge is 2.29. The molecule has 0 N–H and O–H groups in total. The van der Waals surface area contributed by atoms with E-state index in [1.807, 2.05) is 12.1 Å². The van der Waals surface area contributed by atoms with Crippen molar-refractivity contribution in [2.24, 2.45) is 0 Å². The van der Waals surface area contributed by atoms with Crippen molar-refractivity contribution in [3.05, 3.63) is 29.8 Å². The Balaban J connectivity index is 1.98. The standard InChI is InChI=1S/C11H10O2/c1-2-9-7(5-8-6-12-8)3-4-10-11(9)13-10/h2-4,8H,1,5-6H2. The average molecular weight is 174 g/mol. The minimum Gasteiger partial charge on any atom is -0.449 e. The molecule has 1 aromatic rings. The van der Waals surface area contributed by atoms with Crippen molar-refractivity contribution in [2.45, 2.75) is 12.5 Å². The van der Waals surface area contributed by atoms with Gasteiger partial charge in [0.2, 0.25) is 0 Å². The minimum atomic E-state index is 0.426. The van der Waals surface area contributed by atoms with Gasteiger partial charge in [-0.05, 0) is 11.6 Å². The van der Waals surface area contributed by atoms with Gasteiger partial charge in [-0.2, -0.15) is 0 Å². The van der Waals surface area contributed by atoms with Crippen LogP contribution < -0.4 is 4.74 Å². The molecule has 2 aliphatic heterocycles. The molecule has 66 valence electrons. The number of benzene rings is 1. The van der Waals surface area contributed by atoms with Crippen molar-refractivity contribution in [1.82, 2.24) is 0 Å². The van der Waals surface area contributed by atoms with Gasteiger partial charge >= 0.3 is 0 Å². The Labute approximate surface area is 76.8 Å². The fraction of sp³-hybridized carbons (Fsp3) is 0.273. The van der Waals surface area contributed by atoms with Crippen LogP contribution in [0.15, 0.2) is 18.7 Å². The largest absolute Gasteiger partial charge is 0.449 e. The highest BCUT2D eigenvalue weighted by molar-refractivity contribution is 5.72. The minimum absolute atomic E-state index is 0.426. The van der Waals surface area contributed by atoms with Gasteiger partial charge in [0.15, 0.2) is 11.5 Å². The zero-order valence-corrected chi connectivity index (χ0v) is 7.25. The third-order valence-corrected chi connectivity index (χ3v) is 2.47. The molecule has 1 aromatic carbocycles. The zero-order chi connectivity index (χ0) is 8.84. The first kappa shape index (κ1) is 7.15. The van der Waals surface area contributed by atoms with Crippen LogP contribution in [0, 0.1) is 0 Å². The van der Waals surface area contributed by atoms with E-state index in [-0.39, 0.29) is 0 Å². The van der Waals surface area contributed by atoms with Crippen LogP contribution in [-0.4, -0.2) is 12.7 Å². The number of fused-ring (bicyclic) bond motifs is 1. The van der Waals surface area contributed by atoms with Gasteiger partial charge in [-0.25, -0.2) is 0 Å². The molecular weight excluding hydrogens is 164 g/mol. The van der Waals surface area contributed by atoms with Crippen molar-refractivity contribution < 1.29 is 9.47 Å². The van der Waals surface area contributed by atoms with E-state index in [0.29, 0.717) is 6.10 Å². The lowest BCUT2D eigenvalue weighted by Gasteiger charge is -1.99. The van der Waals surface area contributed by atoms with Crippen molar-refractivity contribution in [3.8, 4) is 11.5 Å². The topological polar surface area (TPSA) is 25.1 Å². The highest BCUT2D eigenvalue weighted by Crippen LogP contribution is 2.50. The molecule has 0 amide bonds. The predicted octanol–water partition coefficient (Wildman–Crippen LogP) is 2.38. The normalized spacial score (nSPS) is 21.7. The van der Waals surface area contributed by atoms with E-state index in [9.17, 15) is 0 Å². The number of hydrogen-bond acceptors (Lipinski definition) is 2. The smallest absolute Gasteiger partial charge is 0.177 e. The van der Waals surface area contributed by atoms with Crippen molar-refractivity contribution >= 4 is 6.08 Å². The van der Waals surface area contributed by atoms with E-state index < -0.39 is 0 Å². The molecule has 1 atom stereocenters. The van der Waals surface area contributed by atoms with Gasteiger partial charge in [0.1, 0.15) is 0 Å². The fourth-order valence-corrected chi connectivity index (χ4v) is 1.63. The molecule has 1 saturated heterocycles. The molecule has 0 spiro atoms. The van der Waals surface area contributed by atoms with Gasteiger partial charge in [0.05, 0.1) is 12.7 Å². The first-order valence-corrected chi connectivity index (χ1v) is 4.46. The van der Waals surface area contributed by atoms with Crippen LogP contribution in [0.3, 0.4) is 0 Å². The summed E-state index contributed by atoms with van der Waals surface area (Å²) in [7, 11) is 0. The molecule has 0 saturated carbocycles. The first-order chi connectivity index (χ1) is 6.38. The molecule has 0 radical (unpaired) electrons. The summed E-state index contributed by atoms with van der Waals surface area (Å²) in [5, 5.41) is 0. The van der Waals surface area contributed by atoms with Gasteiger partial charge in [0.25, 0.3) is 0 Å². The lowest BCUT2D eigenvalue weighted by molar-refractivity contribution is 0.407. The SMILES string of the molecule is C=Cc1c(CC2CO2)ccc2c1O2. The number of ether oxygens (including phenoxy) is 2. The van der Waals surface area contributed by atoms with Crippen LogP contribution in [-0.2, 0) is 11.2 Å². The maximum atomic E-state index is 5.29. The fourth-order valence-electron chi connectivity index (χ4n) is 1.63. The number of epoxide rings is 1. The zero-order valence-electron chi connectivity index (χ0n) is 7.25. The summed E-state index contributed by atoms with van der Waals surface area (Å²) in [5.74, 6) is 2.00. The molecule has 0 bridgehead atoms. The van der Waals surface area contributed by atoms with Crippen molar-refractivity contribution in [1.29, 1.82) is 0 Å². The Hall–Kier alpha value is -1.28. The van der Waals surface area contributed by atoms with Crippen molar-refractivity contribution in [2.75, 3.05) is 6.61 Å². The predicted molar refractivity (Wildman–Crippen MR) is 50.1 cm³/mol. The quantitative estimate of drug-likeness (QED) is 0.667. The van der Waals surface area contributed by atoms with Crippen LogP contribution in [0.25, 0.3) is 6.08 Å². The Bertz CT molecular complexity index is 378. The van der Waals surface area contributed by atoms with Gasteiger partial charge in [-0.1, -0.05) is 18.7 Å². The average Bonchev–Trinajstić information content (AvgIpc) is 2.96. The number of rotatable bonds is 3. The van der Waals surface area contributed by atoms with Crippen LogP contribution in [0.4, 0.5) is 0 Å². The molecular formula is C11H10O2. The summed E-state index contributed by atoms with van der Waals surface area (Å²) in [4.78, 5) is 0. The summed E-state index contributed by atoms with van der Waals surface area (Å²) >= 11 is 0. The Morgan fingerprint density at radius 3 is 3.08 bits per heavy atom.